The number of ether oxygens (including phenoxy) is 1. The molecular formula is C19H18N2O4. The zero-order chi connectivity index (χ0) is 17.5. The first-order chi connectivity index (χ1) is 12.3. The van der Waals surface area contributed by atoms with E-state index in [2.05, 4.69) is 10.5 Å². The van der Waals surface area contributed by atoms with Gasteiger partial charge in [-0.25, -0.2) is 0 Å². The highest BCUT2D eigenvalue weighted by Crippen LogP contribution is 2.23. The zero-order valence-corrected chi connectivity index (χ0v) is 13.5. The molecule has 0 aliphatic heterocycles. The van der Waals surface area contributed by atoms with Crippen LogP contribution in [0.5, 0.6) is 5.75 Å². The third-order valence-corrected chi connectivity index (χ3v) is 3.61. The van der Waals surface area contributed by atoms with E-state index in [1.54, 1.807) is 6.07 Å². The number of aliphatic hydroxyl groups excluding tert-OH is 1. The van der Waals surface area contributed by atoms with E-state index in [0.717, 1.165) is 11.1 Å². The lowest BCUT2D eigenvalue weighted by molar-refractivity contribution is 0.0950. The predicted molar refractivity (Wildman–Crippen MR) is 92.1 cm³/mol. The molecule has 2 aromatic carbocycles. The number of para-hydroxylation sites is 1. The number of nitrogens with zero attached hydrogens (tertiary/aromatic N) is 1. The van der Waals surface area contributed by atoms with Crippen molar-refractivity contribution in [3.05, 3.63) is 71.9 Å². The molecule has 6 nitrogen and oxygen atoms in total. The summed E-state index contributed by atoms with van der Waals surface area (Å²) in [7, 11) is 0. The Morgan fingerprint density at radius 3 is 2.68 bits per heavy atom. The molecular weight excluding hydrogens is 320 g/mol. The van der Waals surface area contributed by atoms with Crippen LogP contribution in [0.2, 0.25) is 0 Å². The van der Waals surface area contributed by atoms with Crippen molar-refractivity contribution in [2.45, 2.75) is 6.54 Å². The van der Waals surface area contributed by atoms with Crippen LogP contribution in [0.15, 0.2) is 65.3 Å². The molecule has 3 aromatic rings. The van der Waals surface area contributed by atoms with Gasteiger partial charge in [0, 0.05) is 17.7 Å². The fraction of sp³-hybridized carbons (Fsp3) is 0.158. The largest absolute Gasteiger partial charge is 0.491 e. The molecule has 0 radical (unpaired) electrons. The van der Waals surface area contributed by atoms with Crippen molar-refractivity contribution in [2.75, 3.05) is 13.2 Å². The van der Waals surface area contributed by atoms with Crippen molar-refractivity contribution >= 4 is 5.91 Å². The van der Waals surface area contributed by atoms with E-state index in [1.807, 2.05) is 48.5 Å². The Hall–Kier alpha value is -3.12. The van der Waals surface area contributed by atoms with Gasteiger partial charge in [0.2, 0.25) is 0 Å². The van der Waals surface area contributed by atoms with Gasteiger partial charge in [-0.2, -0.15) is 0 Å². The number of amides is 1. The number of aliphatic hydroxyl groups is 1. The number of nitrogens with one attached hydrogen (secondary N) is 1. The maximum atomic E-state index is 12.5. The second-order valence-electron chi connectivity index (χ2n) is 5.30. The van der Waals surface area contributed by atoms with Crippen molar-refractivity contribution in [3.8, 4) is 17.1 Å². The Labute approximate surface area is 145 Å². The molecule has 0 spiro atoms. The van der Waals surface area contributed by atoms with Crippen LogP contribution in [-0.2, 0) is 6.54 Å². The zero-order valence-electron chi connectivity index (χ0n) is 13.5. The molecule has 3 rings (SSSR count). The van der Waals surface area contributed by atoms with Gasteiger partial charge in [0.05, 0.1) is 12.8 Å². The highest BCUT2D eigenvalue weighted by molar-refractivity contribution is 5.99. The third kappa shape index (κ3) is 4.05. The molecule has 1 aromatic heterocycles. The van der Waals surface area contributed by atoms with Crippen molar-refractivity contribution in [3.63, 3.8) is 0 Å². The lowest BCUT2D eigenvalue weighted by atomic mass is 10.1. The summed E-state index contributed by atoms with van der Waals surface area (Å²) >= 11 is 0. The topological polar surface area (TPSA) is 84.6 Å². The fourth-order valence-corrected chi connectivity index (χ4v) is 2.42. The van der Waals surface area contributed by atoms with Crippen LogP contribution in [0.1, 0.15) is 15.9 Å². The van der Waals surface area contributed by atoms with E-state index in [9.17, 15) is 4.79 Å². The molecule has 0 fully saturated rings. The summed E-state index contributed by atoms with van der Waals surface area (Å²) in [5.41, 5.74) is 1.99. The number of hydrogen-bond donors (Lipinski definition) is 2. The Balaban J connectivity index is 1.72. The molecule has 1 amide bonds. The van der Waals surface area contributed by atoms with Gasteiger partial charge in [-0.15, -0.1) is 0 Å². The summed E-state index contributed by atoms with van der Waals surface area (Å²) in [6.45, 7) is 0.427. The monoisotopic (exact) mass is 338 g/mol. The number of aromatic nitrogens is 1. The van der Waals surface area contributed by atoms with Crippen molar-refractivity contribution < 1.29 is 19.2 Å². The standard InChI is InChI=1S/C19H18N2O4/c22-10-11-24-17-9-5-4-8-15(17)12-20-19(23)16-13-21-25-18(16)14-6-2-1-3-7-14/h1-9,13,22H,10-12H2,(H,20,23). The Bertz CT molecular complexity index is 830. The Morgan fingerprint density at radius 2 is 1.88 bits per heavy atom. The van der Waals surface area contributed by atoms with Crippen molar-refractivity contribution in [1.29, 1.82) is 0 Å². The molecule has 6 heteroatoms. The van der Waals surface area contributed by atoms with E-state index in [0.29, 0.717) is 23.6 Å². The van der Waals surface area contributed by atoms with Crippen molar-refractivity contribution in [1.82, 2.24) is 10.5 Å². The second-order valence-corrected chi connectivity index (χ2v) is 5.30. The first-order valence-corrected chi connectivity index (χ1v) is 7.89. The van der Waals surface area contributed by atoms with Gasteiger partial charge in [-0.05, 0) is 6.07 Å². The predicted octanol–water partition coefficient (Wildman–Crippen LogP) is 2.64. The van der Waals surface area contributed by atoms with Crippen LogP contribution < -0.4 is 10.1 Å². The summed E-state index contributed by atoms with van der Waals surface area (Å²) in [4.78, 5) is 12.5. The van der Waals surface area contributed by atoms with Gasteiger partial charge in [0.25, 0.3) is 5.91 Å². The molecule has 0 saturated carbocycles. The lowest BCUT2D eigenvalue weighted by Crippen LogP contribution is -2.23. The molecule has 0 aliphatic rings. The molecule has 2 N–H and O–H groups in total. The number of benzene rings is 2. The van der Waals surface area contributed by atoms with E-state index < -0.39 is 0 Å². The summed E-state index contributed by atoms with van der Waals surface area (Å²) < 4.78 is 10.7. The SMILES string of the molecule is O=C(NCc1ccccc1OCCO)c1cnoc1-c1ccccc1. The highest BCUT2D eigenvalue weighted by atomic mass is 16.5. The maximum absolute atomic E-state index is 12.5. The molecule has 1 heterocycles. The summed E-state index contributed by atoms with van der Waals surface area (Å²) in [6.07, 6.45) is 1.41. The van der Waals surface area contributed by atoms with Crippen molar-refractivity contribution in [2.24, 2.45) is 0 Å². The van der Waals surface area contributed by atoms with Gasteiger partial charge >= 0.3 is 0 Å². The average molecular weight is 338 g/mol. The summed E-state index contributed by atoms with van der Waals surface area (Å²) in [6, 6.07) is 16.7. The highest BCUT2D eigenvalue weighted by Gasteiger charge is 2.17. The molecule has 0 aliphatic carbocycles. The quantitative estimate of drug-likeness (QED) is 0.692. The average Bonchev–Trinajstić information content (AvgIpc) is 3.15. The van der Waals surface area contributed by atoms with E-state index >= 15 is 0 Å². The smallest absolute Gasteiger partial charge is 0.257 e. The van der Waals surface area contributed by atoms with Gasteiger partial charge in [0.15, 0.2) is 5.76 Å². The van der Waals surface area contributed by atoms with Crippen LogP contribution in [0.3, 0.4) is 0 Å². The maximum Gasteiger partial charge on any atom is 0.257 e. The number of rotatable bonds is 7. The summed E-state index contributed by atoms with van der Waals surface area (Å²) in [5.74, 6) is 0.783. The van der Waals surface area contributed by atoms with Gasteiger partial charge in [-0.1, -0.05) is 53.7 Å². The molecule has 0 saturated heterocycles. The molecule has 25 heavy (non-hydrogen) atoms. The van der Waals surface area contributed by atoms with Gasteiger partial charge in [0.1, 0.15) is 17.9 Å². The van der Waals surface area contributed by atoms with Crippen LogP contribution in [0.25, 0.3) is 11.3 Å². The van der Waals surface area contributed by atoms with Gasteiger partial charge < -0.3 is 19.7 Å². The Kier molecular flexibility index (Phi) is 5.43. The van der Waals surface area contributed by atoms with Crippen LogP contribution in [0, 0.1) is 0 Å². The molecule has 0 bridgehead atoms. The first kappa shape index (κ1) is 16.7. The minimum absolute atomic E-state index is 0.0676. The number of hydrogen-bond acceptors (Lipinski definition) is 5. The van der Waals surface area contributed by atoms with Gasteiger partial charge in [-0.3, -0.25) is 4.79 Å². The normalized spacial score (nSPS) is 10.4. The first-order valence-electron chi connectivity index (χ1n) is 7.89. The van der Waals surface area contributed by atoms with E-state index in [4.69, 9.17) is 14.4 Å². The number of carbonyl (C=O) groups excluding carboxylic acids is 1. The van der Waals surface area contributed by atoms with Crippen LogP contribution in [-0.4, -0.2) is 29.4 Å². The lowest BCUT2D eigenvalue weighted by Gasteiger charge is -2.11. The van der Waals surface area contributed by atoms with Crippen LogP contribution in [0.4, 0.5) is 0 Å². The van der Waals surface area contributed by atoms with E-state index in [1.165, 1.54) is 6.20 Å². The molecule has 0 unspecified atom stereocenters. The number of carbonyl (C=O) groups is 1. The Morgan fingerprint density at radius 1 is 1.12 bits per heavy atom. The minimum atomic E-state index is -0.280. The minimum Gasteiger partial charge on any atom is -0.491 e. The second kappa shape index (κ2) is 8.12. The third-order valence-electron chi connectivity index (χ3n) is 3.61. The molecule has 128 valence electrons. The fourth-order valence-electron chi connectivity index (χ4n) is 2.42. The molecule has 0 atom stereocenters. The summed E-state index contributed by atoms with van der Waals surface area (Å²) in [5, 5.41) is 15.5. The van der Waals surface area contributed by atoms with Crippen LogP contribution >= 0.6 is 0 Å². The van der Waals surface area contributed by atoms with E-state index in [-0.39, 0.29) is 19.1 Å².